The molecule has 1 heterocycles. The third-order valence-corrected chi connectivity index (χ3v) is 3.20. The molecular weight excluding hydrogens is 228 g/mol. The zero-order valence-electron chi connectivity index (χ0n) is 10.5. The molecule has 1 aromatic rings. The van der Waals surface area contributed by atoms with Crippen LogP contribution in [0.3, 0.4) is 0 Å². The summed E-state index contributed by atoms with van der Waals surface area (Å²) >= 11 is 0. The van der Waals surface area contributed by atoms with Gasteiger partial charge in [0, 0.05) is 32.2 Å². The van der Waals surface area contributed by atoms with Crippen LogP contribution in [0.1, 0.15) is 24.4 Å². The van der Waals surface area contributed by atoms with Crippen LogP contribution in [0, 0.1) is 0 Å². The molecule has 0 aliphatic carbocycles. The minimum Gasteiger partial charge on any atom is -0.380 e. The summed E-state index contributed by atoms with van der Waals surface area (Å²) in [5.74, 6) is 0.122. The quantitative estimate of drug-likeness (QED) is 0.878. The second-order valence-corrected chi connectivity index (χ2v) is 4.57. The molecule has 1 amide bonds. The topological polar surface area (TPSA) is 55.6 Å². The number of nitrogens with two attached hydrogens (primary N) is 1. The van der Waals surface area contributed by atoms with E-state index >= 15 is 0 Å². The van der Waals surface area contributed by atoms with Crippen LogP contribution >= 0.6 is 0 Å². The van der Waals surface area contributed by atoms with Crippen molar-refractivity contribution in [1.29, 1.82) is 0 Å². The highest BCUT2D eigenvalue weighted by atomic mass is 16.5. The van der Waals surface area contributed by atoms with Gasteiger partial charge in [0.2, 0.25) is 5.91 Å². The monoisotopic (exact) mass is 248 g/mol. The maximum atomic E-state index is 12.1. The highest BCUT2D eigenvalue weighted by Gasteiger charge is 2.18. The number of carbonyl (C=O) groups excluding carboxylic acids is 1. The minimum atomic E-state index is -0.220. The summed E-state index contributed by atoms with van der Waals surface area (Å²) in [6.07, 6.45) is 1.27. The fourth-order valence-electron chi connectivity index (χ4n) is 2.13. The normalized spacial score (nSPS) is 18.2. The molecule has 1 aliphatic rings. The highest BCUT2D eigenvalue weighted by Crippen LogP contribution is 2.15. The Morgan fingerprint density at radius 1 is 1.28 bits per heavy atom. The van der Waals surface area contributed by atoms with E-state index in [2.05, 4.69) is 0 Å². The first kappa shape index (κ1) is 13.1. The van der Waals surface area contributed by atoms with Crippen molar-refractivity contribution in [3.63, 3.8) is 0 Å². The van der Waals surface area contributed by atoms with E-state index in [0.29, 0.717) is 19.6 Å². The number of amides is 1. The molecule has 98 valence electrons. The van der Waals surface area contributed by atoms with E-state index < -0.39 is 0 Å². The molecule has 0 bridgehead atoms. The van der Waals surface area contributed by atoms with Gasteiger partial charge in [0.25, 0.3) is 0 Å². The second kappa shape index (κ2) is 6.52. The van der Waals surface area contributed by atoms with Crippen molar-refractivity contribution >= 4 is 5.91 Å². The Morgan fingerprint density at radius 3 is 2.83 bits per heavy atom. The summed E-state index contributed by atoms with van der Waals surface area (Å²) in [5.41, 5.74) is 7.07. The van der Waals surface area contributed by atoms with Gasteiger partial charge in [-0.3, -0.25) is 4.79 Å². The van der Waals surface area contributed by atoms with Crippen molar-refractivity contribution in [1.82, 2.24) is 4.90 Å². The van der Waals surface area contributed by atoms with Gasteiger partial charge in [-0.2, -0.15) is 0 Å². The lowest BCUT2D eigenvalue weighted by atomic mass is 10.0. The third-order valence-electron chi connectivity index (χ3n) is 3.20. The number of ether oxygens (including phenoxy) is 1. The minimum absolute atomic E-state index is 0.122. The Hall–Kier alpha value is -1.39. The van der Waals surface area contributed by atoms with Gasteiger partial charge in [0.15, 0.2) is 0 Å². The fraction of sp³-hybridized carbons (Fsp3) is 0.500. The smallest absolute Gasteiger partial charge is 0.224 e. The van der Waals surface area contributed by atoms with Gasteiger partial charge in [-0.15, -0.1) is 0 Å². The fourth-order valence-corrected chi connectivity index (χ4v) is 2.13. The molecule has 1 atom stereocenters. The number of rotatable bonds is 3. The van der Waals surface area contributed by atoms with Gasteiger partial charge >= 0.3 is 0 Å². The van der Waals surface area contributed by atoms with Crippen LogP contribution < -0.4 is 5.73 Å². The third kappa shape index (κ3) is 3.55. The summed E-state index contributed by atoms with van der Waals surface area (Å²) in [6, 6.07) is 9.54. The van der Waals surface area contributed by atoms with Crippen LogP contribution in [0.25, 0.3) is 0 Å². The van der Waals surface area contributed by atoms with E-state index in [1.54, 1.807) is 0 Å². The predicted molar refractivity (Wildman–Crippen MR) is 70.0 cm³/mol. The lowest BCUT2D eigenvalue weighted by Gasteiger charge is -2.21. The van der Waals surface area contributed by atoms with Crippen LogP contribution in [-0.2, 0) is 9.53 Å². The summed E-state index contributed by atoms with van der Waals surface area (Å²) in [4.78, 5) is 14.0. The van der Waals surface area contributed by atoms with E-state index in [9.17, 15) is 4.79 Å². The number of hydrogen-bond acceptors (Lipinski definition) is 3. The molecular formula is C14H20N2O2. The Labute approximate surface area is 108 Å². The van der Waals surface area contributed by atoms with Gasteiger partial charge in [0.05, 0.1) is 6.61 Å². The van der Waals surface area contributed by atoms with Crippen molar-refractivity contribution in [2.45, 2.75) is 18.9 Å². The van der Waals surface area contributed by atoms with Crippen LogP contribution in [0.4, 0.5) is 0 Å². The SMILES string of the molecule is NC(CC(=O)N1CCCOCC1)c1ccccc1. The average molecular weight is 248 g/mol. The molecule has 1 unspecified atom stereocenters. The molecule has 1 saturated heterocycles. The summed E-state index contributed by atoms with van der Waals surface area (Å²) in [6.45, 7) is 2.83. The molecule has 0 spiro atoms. The van der Waals surface area contributed by atoms with Crippen LogP contribution in [0.15, 0.2) is 30.3 Å². The lowest BCUT2D eigenvalue weighted by Crippen LogP contribution is -2.35. The van der Waals surface area contributed by atoms with Crippen LogP contribution in [0.2, 0.25) is 0 Å². The Bertz CT molecular complexity index is 373. The predicted octanol–water partition coefficient (Wildman–Crippen LogP) is 1.33. The first-order chi connectivity index (χ1) is 8.77. The second-order valence-electron chi connectivity index (χ2n) is 4.57. The number of carbonyl (C=O) groups is 1. The van der Waals surface area contributed by atoms with E-state index in [0.717, 1.165) is 25.1 Å². The van der Waals surface area contributed by atoms with Gasteiger partial charge < -0.3 is 15.4 Å². The molecule has 1 aliphatic heterocycles. The molecule has 4 heteroatoms. The molecule has 2 N–H and O–H groups in total. The highest BCUT2D eigenvalue weighted by molar-refractivity contribution is 5.77. The molecule has 2 rings (SSSR count). The van der Waals surface area contributed by atoms with Crippen LogP contribution in [-0.4, -0.2) is 37.1 Å². The van der Waals surface area contributed by atoms with E-state index in [-0.39, 0.29) is 11.9 Å². The van der Waals surface area contributed by atoms with Crippen molar-refractivity contribution < 1.29 is 9.53 Å². The molecule has 1 fully saturated rings. The van der Waals surface area contributed by atoms with Gasteiger partial charge in [-0.1, -0.05) is 30.3 Å². The van der Waals surface area contributed by atoms with Crippen LogP contribution in [0.5, 0.6) is 0 Å². The summed E-state index contributed by atoms with van der Waals surface area (Å²) < 4.78 is 5.34. The van der Waals surface area contributed by atoms with Crippen molar-refractivity contribution in [2.24, 2.45) is 5.73 Å². The van der Waals surface area contributed by atoms with Gasteiger partial charge in [-0.25, -0.2) is 0 Å². The standard InChI is InChI=1S/C14H20N2O2/c15-13(12-5-2-1-3-6-12)11-14(17)16-7-4-9-18-10-8-16/h1-3,5-6,13H,4,7-11,15H2. The maximum Gasteiger partial charge on any atom is 0.224 e. The number of benzene rings is 1. The zero-order valence-corrected chi connectivity index (χ0v) is 10.5. The Morgan fingerprint density at radius 2 is 2.06 bits per heavy atom. The van der Waals surface area contributed by atoms with Gasteiger partial charge in [0.1, 0.15) is 0 Å². The Balaban J connectivity index is 1.90. The molecule has 0 aromatic heterocycles. The Kier molecular flexibility index (Phi) is 4.73. The van der Waals surface area contributed by atoms with E-state index in [1.807, 2.05) is 35.2 Å². The molecule has 0 radical (unpaired) electrons. The first-order valence-corrected chi connectivity index (χ1v) is 6.43. The largest absolute Gasteiger partial charge is 0.380 e. The van der Waals surface area contributed by atoms with Gasteiger partial charge in [-0.05, 0) is 12.0 Å². The zero-order chi connectivity index (χ0) is 12.8. The first-order valence-electron chi connectivity index (χ1n) is 6.43. The lowest BCUT2D eigenvalue weighted by molar-refractivity contribution is -0.131. The maximum absolute atomic E-state index is 12.1. The van der Waals surface area contributed by atoms with Crippen molar-refractivity contribution in [3.8, 4) is 0 Å². The molecule has 0 saturated carbocycles. The molecule has 4 nitrogen and oxygen atoms in total. The molecule has 18 heavy (non-hydrogen) atoms. The number of hydrogen-bond donors (Lipinski definition) is 1. The average Bonchev–Trinajstić information content (AvgIpc) is 2.68. The van der Waals surface area contributed by atoms with E-state index in [4.69, 9.17) is 10.5 Å². The van der Waals surface area contributed by atoms with Crippen molar-refractivity contribution in [2.75, 3.05) is 26.3 Å². The summed E-state index contributed by atoms with van der Waals surface area (Å²) in [7, 11) is 0. The van der Waals surface area contributed by atoms with E-state index in [1.165, 1.54) is 0 Å². The van der Waals surface area contributed by atoms with Crippen molar-refractivity contribution in [3.05, 3.63) is 35.9 Å². The number of nitrogens with zero attached hydrogens (tertiary/aromatic N) is 1. The molecule has 1 aromatic carbocycles. The summed E-state index contributed by atoms with van der Waals surface area (Å²) in [5, 5.41) is 0.